The van der Waals surface area contributed by atoms with E-state index < -0.39 is 39.3 Å². The Morgan fingerprint density at radius 2 is 1.87 bits per heavy atom. The molecule has 1 fully saturated rings. The highest BCUT2D eigenvalue weighted by Crippen LogP contribution is 2.38. The molecule has 0 aromatic heterocycles. The van der Waals surface area contributed by atoms with Gasteiger partial charge in [0, 0.05) is 12.5 Å². The summed E-state index contributed by atoms with van der Waals surface area (Å²) in [6, 6.07) is -0.534. The Hall–Kier alpha value is -1.45. The van der Waals surface area contributed by atoms with Gasteiger partial charge in [-0.15, -0.1) is 0 Å². The first-order valence-corrected chi connectivity index (χ1v) is 8.43. The summed E-state index contributed by atoms with van der Waals surface area (Å²) in [5.41, 5.74) is -6.17. The zero-order valence-corrected chi connectivity index (χ0v) is 13.7. The molecule has 3 rings (SSSR count). The second-order valence-electron chi connectivity index (χ2n) is 6.53. The Morgan fingerprint density at radius 1 is 1.26 bits per heavy atom. The molecule has 0 radical (unpaired) electrons. The molecule has 3 aliphatic rings. The molecular weight excluding hydrogens is 339 g/mol. The Bertz CT molecular complexity index is 621. The average molecular weight is 357 g/mol. The van der Waals surface area contributed by atoms with Crippen LogP contribution in [0.2, 0.25) is 0 Å². The number of alkyl halides is 3. The highest BCUT2D eigenvalue weighted by atomic mass is 32.2. The molecule has 0 unspecified atom stereocenters. The predicted molar refractivity (Wildman–Crippen MR) is 73.6 cm³/mol. The number of fused-ring (bicyclic) bond motifs is 2. The lowest BCUT2D eigenvalue weighted by atomic mass is 9.85. The summed E-state index contributed by atoms with van der Waals surface area (Å²) in [6.07, 6.45) is 1.64. The van der Waals surface area contributed by atoms with Crippen molar-refractivity contribution in [3.63, 3.8) is 0 Å². The van der Waals surface area contributed by atoms with Crippen LogP contribution in [0.5, 0.6) is 0 Å². The lowest BCUT2D eigenvalue weighted by molar-refractivity contribution is -0.0538. The van der Waals surface area contributed by atoms with E-state index in [1.807, 2.05) is 0 Å². The molecule has 0 aromatic rings. The number of hydrogen-bond acceptors (Lipinski definition) is 5. The molecule has 6 nitrogen and oxygen atoms in total. The molecule has 2 bridgehead atoms. The van der Waals surface area contributed by atoms with Crippen LogP contribution in [0.4, 0.5) is 18.0 Å². The van der Waals surface area contributed by atoms with E-state index >= 15 is 0 Å². The lowest BCUT2D eigenvalue weighted by Crippen LogP contribution is -2.51. The highest BCUT2D eigenvalue weighted by Gasteiger charge is 2.51. The van der Waals surface area contributed by atoms with Crippen molar-refractivity contribution >= 4 is 16.2 Å². The van der Waals surface area contributed by atoms with Crippen molar-refractivity contribution in [3.8, 4) is 0 Å². The van der Waals surface area contributed by atoms with E-state index in [0.29, 0.717) is 12.8 Å². The second kappa shape index (κ2) is 5.57. The molecule has 0 N–H and O–H groups in total. The molecule has 2 heterocycles. The van der Waals surface area contributed by atoms with Crippen molar-refractivity contribution < 1.29 is 35.3 Å². The maximum atomic E-state index is 12.4. The quantitative estimate of drug-likeness (QED) is 0.561. The lowest BCUT2D eigenvalue weighted by Gasteiger charge is -2.43. The monoisotopic (exact) mass is 357 g/mol. The highest BCUT2D eigenvalue weighted by molar-refractivity contribution is 7.87. The van der Waals surface area contributed by atoms with E-state index in [0.717, 1.165) is 0 Å². The number of rotatable bonds is 2. The number of halogens is 3. The largest absolute Gasteiger partial charge is 0.534 e. The van der Waals surface area contributed by atoms with Gasteiger partial charge < -0.3 is 13.8 Å². The second-order valence-corrected chi connectivity index (χ2v) is 8.06. The SMILES string of the molecule is CC(C)(C)OC(=O)N1C[C@H]2CC[C@@H]1C=C2OS(=O)(=O)C(F)(F)F. The van der Waals surface area contributed by atoms with Gasteiger partial charge >= 0.3 is 21.7 Å². The van der Waals surface area contributed by atoms with Crippen molar-refractivity contribution in [1.82, 2.24) is 4.90 Å². The molecule has 2 atom stereocenters. The number of amides is 1. The molecule has 10 heteroatoms. The molecule has 23 heavy (non-hydrogen) atoms. The third-order valence-electron chi connectivity index (χ3n) is 3.50. The van der Waals surface area contributed by atoms with Crippen LogP contribution in [-0.4, -0.2) is 43.1 Å². The van der Waals surface area contributed by atoms with Gasteiger partial charge in [-0.05, 0) is 39.7 Å². The minimum atomic E-state index is -5.69. The Balaban J connectivity index is 2.14. The topological polar surface area (TPSA) is 72.9 Å². The van der Waals surface area contributed by atoms with Gasteiger partial charge in [0.05, 0.1) is 6.04 Å². The first-order valence-electron chi connectivity index (χ1n) is 7.02. The van der Waals surface area contributed by atoms with Crippen molar-refractivity contribution in [1.29, 1.82) is 0 Å². The van der Waals surface area contributed by atoms with E-state index in [-0.39, 0.29) is 12.3 Å². The number of hydrogen-bond donors (Lipinski definition) is 0. The predicted octanol–water partition coefficient (Wildman–Crippen LogP) is 2.77. The van der Waals surface area contributed by atoms with E-state index in [1.165, 1.54) is 11.0 Å². The van der Waals surface area contributed by atoms with E-state index in [1.54, 1.807) is 20.8 Å². The van der Waals surface area contributed by atoms with Crippen molar-refractivity contribution in [2.45, 2.75) is 50.8 Å². The van der Waals surface area contributed by atoms with E-state index in [2.05, 4.69) is 4.18 Å². The fourth-order valence-electron chi connectivity index (χ4n) is 2.52. The third-order valence-corrected chi connectivity index (χ3v) is 4.48. The number of carbonyl (C=O) groups is 1. The average Bonchev–Trinajstić information content (AvgIpc) is 2.35. The normalized spacial score (nSPS) is 25.1. The molecule has 132 valence electrons. The number of nitrogens with zero attached hydrogens (tertiary/aromatic N) is 1. The fourth-order valence-corrected chi connectivity index (χ4v) is 3.06. The number of carbonyl (C=O) groups excluding carboxylic acids is 1. The zero-order chi connectivity index (χ0) is 17.6. The summed E-state index contributed by atoms with van der Waals surface area (Å²) in [6.45, 7) is 5.17. The summed E-state index contributed by atoms with van der Waals surface area (Å²) >= 11 is 0. The van der Waals surface area contributed by atoms with Crippen LogP contribution >= 0.6 is 0 Å². The molecule has 0 saturated carbocycles. The first-order chi connectivity index (χ1) is 10.3. The van der Waals surface area contributed by atoms with Gasteiger partial charge in [0.2, 0.25) is 0 Å². The smallest absolute Gasteiger partial charge is 0.444 e. The van der Waals surface area contributed by atoms with Crippen LogP contribution < -0.4 is 0 Å². The first kappa shape index (κ1) is 17.9. The molecular formula is C13H18F3NO5S. The van der Waals surface area contributed by atoms with E-state index in [9.17, 15) is 26.4 Å². The molecule has 0 aromatic carbocycles. The standard InChI is InChI=1S/C13H18F3NO5S/c1-12(2,3)21-11(18)17-7-8-4-5-9(17)6-10(8)22-23(19,20)13(14,15)16/h6,8-9H,4-5,7H2,1-3H3/t8-,9-/m1/s1. The van der Waals surface area contributed by atoms with Crippen LogP contribution in [0.25, 0.3) is 0 Å². The van der Waals surface area contributed by atoms with Crippen molar-refractivity contribution in [2.24, 2.45) is 5.92 Å². The van der Waals surface area contributed by atoms with Gasteiger partial charge in [-0.1, -0.05) is 0 Å². The van der Waals surface area contributed by atoms with Crippen molar-refractivity contribution in [3.05, 3.63) is 11.8 Å². The molecule has 2 aliphatic heterocycles. The summed E-state index contributed by atoms with van der Waals surface area (Å²) in [5, 5.41) is 0. The zero-order valence-electron chi connectivity index (χ0n) is 12.9. The third kappa shape index (κ3) is 3.91. The van der Waals surface area contributed by atoms with Crippen LogP contribution in [-0.2, 0) is 19.0 Å². The van der Waals surface area contributed by atoms with Crippen molar-refractivity contribution in [2.75, 3.05) is 6.54 Å². The Labute approximate surface area is 132 Å². The maximum absolute atomic E-state index is 12.4. The molecule has 1 amide bonds. The molecule has 1 saturated heterocycles. The Morgan fingerprint density at radius 3 is 2.30 bits per heavy atom. The van der Waals surface area contributed by atoms with Gasteiger partial charge in [-0.25, -0.2) is 4.79 Å². The van der Waals surface area contributed by atoms with Crippen LogP contribution in [0.1, 0.15) is 33.6 Å². The fraction of sp³-hybridized carbons (Fsp3) is 0.769. The van der Waals surface area contributed by atoms with Gasteiger partial charge in [-0.2, -0.15) is 21.6 Å². The Kier molecular flexibility index (Phi) is 4.33. The van der Waals surface area contributed by atoms with Crippen LogP contribution in [0, 0.1) is 5.92 Å². The molecule has 0 spiro atoms. The van der Waals surface area contributed by atoms with Gasteiger partial charge in [0.25, 0.3) is 0 Å². The maximum Gasteiger partial charge on any atom is 0.534 e. The minimum Gasteiger partial charge on any atom is -0.444 e. The number of ether oxygens (including phenoxy) is 1. The minimum absolute atomic E-state index is 0.0682. The summed E-state index contributed by atoms with van der Waals surface area (Å²) < 4.78 is 68.9. The van der Waals surface area contributed by atoms with Gasteiger partial charge in [-0.3, -0.25) is 0 Å². The van der Waals surface area contributed by atoms with Crippen LogP contribution in [0.3, 0.4) is 0 Å². The summed E-state index contributed by atoms with van der Waals surface area (Å²) in [7, 11) is -5.69. The van der Waals surface area contributed by atoms with Gasteiger partial charge in [0.15, 0.2) is 0 Å². The molecule has 1 aliphatic carbocycles. The summed E-state index contributed by atoms with van der Waals surface area (Å²) in [5.74, 6) is -0.844. The van der Waals surface area contributed by atoms with Gasteiger partial charge in [0.1, 0.15) is 11.4 Å². The van der Waals surface area contributed by atoms with Crippen LogP contribution in [0.15, 0.2) is 11.8 Å². The summed E-state index contributed by atoms with van der Waals surface area (Å²) in [4.78, 5) is 13.5. The number of piperidine rings is 1. The van der Waals surface area contributed by atoms with E-state index in [4.69, 9.17) is 4.74 Å².